The summed E-state index contributed by atoms with van der Waals surface area (Å²) >= 11 is 0. The van der Waals surface area contributed by atoms with Crippen molar-refractivity contribution in [2.45, 2.75) is 51.1 Å². The van der Waals surface area contributed by atoms with Gasteiger partial charge >= 0.3 is 0 Å². The summed E-state index contributed by atoms with van der Waals surface area (Å²) in [5, 5.41) is 0. The van der Waals surface area contributed by atoms with E-state index in [2.05, 4.69) is 0 Å². The summed E-state index contributed by atoms with van der Waals surface area (Å²) in [6.45, 7) is 4.00. The lowest BCUT2D eigenvalue weighted by Crippen LogP contribution is -2.39. The zero-order valence-corrected chi connectivity index (χ0v) is 6.59. The van der Waals surface area contributed by atoms with Crippen LogP contribution in [0.2, 0.25) is 0 Å². The van der Waals surface area contributed by atoms with E-state index in [1.165, 1.54) is 12.8 Å². The van der Waals surface area contributed by atoms with Gasteiger partial charge in [0.25, 0.3) is 0 Å². The topological polar surface area (TPSA) is 18.5 Å². The highest BCUT2D eigenvalue weighted by atomic mass is 16.7. The Balaban J connectivity index is 2.09. The van der Waals surface area contributed by atoms with Gasteiger partial charge in [-0.3, -0.25) is 0 Å². The molecule has 0 N–H and O–H groups in total. The van der Waals surface area contributed by atoms with Crippen molar-refractivity contribution < 1.29 is 9.47 Å². The van der Waals surface area contributed by atoms with Crippen LogP contribution in [-0.2, 0) is 9.47 Å². The second-order valence-electron chi connectivity index (χ2n) is 3.69. The zero-order chi connectivity index (χ0) is 7.19. The van der Waals surface area contributed by atoms with Crippen molar-refractivity contribution in [3.8, 4) is 0 Å². The molecule has 0 spiro atoms. The molecule has 1 heterocycles. The molecular formula is C8H14O2. The van der Waals surface area contributed by atoms with Crippen LogP contribution in [0, 0.1) is 0 Å². The maximum atomic E-state index is 5.64. The molecule has 1 saturated heterocycles. The van der Waals surface area contributed by atoms with Gasteiger partial charge in [-0.25, -0.2) is 0 Å². The summed E-state index contributed by atoms with van der Waals surface area (Å²) in [4.78, 5) is 0. The number of hydrogen-bond acceptors (Lipinski definition) is 2. The van der Waals surface area contributed by atoms with Crippen molar-refractivity contribution in [2.75, 3.05) is 0 Å². The van der Waals surface area contributed by atoms with Crippen molar-refractivity contribution in [1.82, 2.24) is 0 Å². The Bertz CT molecular complexity index is 128. The number of ether oxygens (including phenoxy) is 2. The highest BCUT2D eigenvalue weighted by Crippen LogP contribution is 2.36. The molecule has 2 rings (SSSR count). The first-order valence-corrected chi connectivity index (χ1v) is 4.01. The maximum absolute atomic E-state index is 5.64. The smallest absolute Gasteiger partial charge is 0.163 e. The van der Waals surface area contributed by atoms with Crippen LogP contribution in [0.15, 0.2) is 0 Å². The van der Waals surface area contributed by atoms with Crippen molar-refractivity contribution in [3.63, 3.8) is 0 Å². The van der Waals surface area contributed by atoms with Gasteiger partial charge in [-0.15, -0.1) is 0 Å². The minimum absolute atomic E-state index is 0.315. The van der Waals surface area contributed by atoms with Gasteiger partial charge in [0, 0.05) is 6.42 Å². The van der Waals surface area contributed by atoms with Gasteiger partial charge in [-0.1, -0.05) is 0 Å². The molecular weight excluding hydrogens is 128 g/mol. The normalized spacial score (nSPS) is 43.8. The predicted molar refractivity (Wildman–Crippen MR) is 37.7 cm³/mol. The number of fused-ring (bicyclic) bond motifs is 2. The van der Waals surface area contributed by atoms with Crippen molar-refractivity contribution >= 4 is 0 Å². The second kappa shape index (κ2) is 1.95. The van der Waals surface area contributed by atoms with E-state index in [1.54, 1.807) is 0 Å². The van der Waals surface area contributed by atoms with Crippen molar-refractivity contribution in [2.24, 2.45) is 0 Å². The van der Waals surface area contributed by atoms with Crippen LogP contribution >= 0.6 is 0 Å². The van der Waals surface area contributed by atoms with Crippen LogP contribution in [0.3, 0.4) is 0 Å². The molecule has 2 fully saturated rings. The fourth-order valence-corrected chi connectivity index (χ4v) is 1.95. The Morgan fingerprint density at radius 2 is 1.60 bits per heavy atom. The molecule has 2 aliphatic rings. The summed E-state index contributed by atoms with van der Waals surface area (Å²) in [5.74, 6) is -0.315. The highest BCUT2D eigenvalue weighted by Gasteiger charge is 2.39. The van der Waals surface area contributed by atoms with Crippen LogP contribution in [0.5, 0.6) is 0 Å². The fourth-order valence-electron chi connectivity index (χ4n) is 1.95. The van der Waals surface area contributed by atoms with Crippen LogP contribution in [0.4, 0.5) is 0 Å². The molecule has 0 amide bonds. The van der Waals surface area contributed by atoms with Crippen LogP contribution in [0.25, 0.3) is 0 Å². The minimum atomic E-state index is -0.315. The molecule has 2 atom stereocenters. The Hall–Kier alpha value is -0.0800. The Labute approximate surface area is 61.5 Å². The Kier molecular flexibility index (Phi) is 1.29. The van der Waals surface area contributed by atoms with E-state index in [-0.39, 0.29) is 5.79 Å². The predicted octanol–water partition coefficient (Wildman–Crippen LogP) is 1.69. The molecule has 2 nitrogen and oxygen atoms in total. The standard InChI is InChI=1S/C8H14O2/c1-8(2)9-6-3-4-7(5-6)10-8/h6-7H,3-5H2,1-2H3. The molecule has 2 unspecified atom stereocenters. The molecule has 1 aliphatic heterocycles. The SMILES string of the molecule is CC1(C)OC2CCC(C2)O1. The zero-order valence-electron chi connectivity index (χ0n) is 6.59. The van der Waals surface area contributed by atoms with Gasteiger partial charge in [0.05, 0.1) is 12.2 Å². The van der Waals surface area contributed by atoms with Gasteiger partial charge in [-0.2, -0.15) is 0 Å². The van der Waals surface area contributed by atoms with E-state index in [0.29, 0.717) is 12.2 Å². The largest absolute Gasteiger partial charge is 0.347 e. The van der Waals surface area contributed by atoms with Gasteiger partial charge in [0.15, 0.2) is 5.79 Å². The third kappa shape index (κ3) is 1.06. The molecule has 0 radical (unpaired) electrons. The summed E-state index contributed by atoms with van der Waals surface area (Å²) in [5.41, 5.74) is 0. The van der Waals surface area contributed by atoms with Gasteiger partial charge < -0.3 is 9.47 Å². The molecule has 10 heavy (non-hydrogen) atoms. The van der Waals surface area contributed by atoms with E-state index in [0.717, 1.165) is 6.42 Å². The van der Waals surface area contributed by atoms with E-state index < -0.39 is 0 Å². The summed E-state index contributed by atoms with van der Waals surface area (Å²) in [6, 6.07) is 0. The molecule has 1 saturated carbocycles. The summed E-state index contributed by atoms with van der Waals surface area (Å²) in [6.07, 6.45) is 4.45. The van der Waals surface area contributed by atoms with Crippen molar-refractivity contribution in [3.05, 3.63) is 0 Å². The van der Waals surface area contributed by atoms with E-state index in [4.69, 9.17) is 9.47 Å². The van der Waals surface area contributed by atoms with Gasteiger partial charge in [0.1, 0.15) is 0 Å². The molecule has 58 valence electrons. The summed E-state index contributed by atoms with van der Waals surface area (Å²) in [7, 11) is 0. The molecule has 0 aromatic carbocycles. The lowest BCUT2D eigenvalue weighted by Gasteiger charge is -2.35. The first kappa shape index (κ1) is 6.62. The quantitative estimate of drug-likeness (QED) is 0.512. The highest BCUT2D eigenvalue weighted by molar-refractivity contribution is 4.83. The van der Waals surface area contributed by atoms with Crippen LogP contribution in [-0.4, -0.2) is 18.0 Å². The molecule has 1 aliphatic carbocycles. The Morgan fingerprint density at radius 3 is 2.10 bits per heavy atom. The molecule has 0 aromatic heterocycles. The lowest BCUT2D eigenvalue weighted by atomic mass is 10.2. The molecule has 2 bridgehead atoms. The summed E-state index contributed by atoms with van der Waals surface area (Å²) < 4.78 is 11.3. The van der Waals surface area contributed by atoms with E-state index in [9.17, 15) is 0 Å². The van der Waals surface area contributed by atoms with Gasteiger partial charge in [-0.05, 0) is 26.7 Å². The molecule has 2 heteroatoms. The van der Waals surface area contributed by atoms with E-state index >= 15 is 0 Å². The third-order valence-corrected chi connectivity index (χ3v) is 2.24. The number of rotatable bonds is 0. The van der Waals surface area contributed by atoms with Crippen LogP contribution in [0.1, 0.15) is 33.1 Å². The third-order valence-electron chi connectivity index (χ3n) is 2.24. The van der Waals surface area contributed by atoms with Crippen LogP contribution < -0.4 is 0 Å². The second-order valence-corrected chi connectivity index (χ2v) is 3.69. The maximum Gasteiger partial charge on any atom is 0.163 e. The first-order chi connectivity index (χ1) is 4.66. The minimum Gasteiger partial charge on any atom is -0.347 e. The lowest BCUT2D eigenvalue weighted by molar-refractivity contribution is -0.279. The van der Waals surface area contributed by atoms with Gasteiger partial charge in [0.2, 0.25) is 0 Å². The monoisotopic (exact) mass is 142 g/mol. The fraction of sp³-hybridized carbons (Fsp3) is 1.00. The average molecular weight is 142 g/mol. The number of hydrogen-bond donors (Lipinski definition) is 0. The first-order valence-electron chi connectivity index (χ1n) is 4.01. The van der Waals surface area contributed by atoms with E-state index in [1.807, 2.05) is 13.8 Å². The Morgan fingerprint density at radius 1 is 1.10 bits per heavy atom. The molecule has 0 aromatic rings. The average Bonchev–Trinajstić information content (AvgIpc) is 2.08. The van der Waals surface area contributed by atoms with Crippen molar-refractivity contribution in [1.29, 1.82) is 0 Å².